The first-order valence-corrected chi connectivity index (χ1v) is 18.8. The first-order valence-electron chi connectivity index (χ1n) is 18.8. The van der Waals surface area contributed by atoms with Crippen LogP contribution in [0.1, 0.15) is 63.9 Å². The van der Waals surface area contributed by atoms with Gasteiger partial charge in [0.2, 0.25) is 5.91 Å². The van der Waals surface area contributed by atoms with Gasteiger partial charge in [-0.1, -0.05) is 48.5 Å². The minimum Gasteiger partial charge on any atom is -0.493 e. The van der Waals surface area contributed by atoms with Crippen LogP contribution in [-0.4, -0.2) is 87.6 Å². The fourth-order valence-electron chi connectivity index (χ4n) is 6.12. The Morgan fingerprint density at radius 3 is 2.20 bits per heavy atom. The van der Waals surface area contributed by atoms with Crippen molar-refractivity contribution < 1.29 is 28.6 Å². The van der Waals surface area contributed by atoms with Crippen LogP contribution in [0.3, 0.4) is 0 Å². The van der Waals surface area contributed by atoms with E-state index in [9.17, 15) is 14.4 Å². The van der Waals surface area contributed by atoms with Gasteiger partial charge in [0.05, 0.1) is 30.2 Å². The summed E-state index contributed by atoms with van der Waals surface area (Å²) >= 11 is 0. The molecule has 1 aliphatic heterocycles. The Morgan fingerprint density at radius 1 is 0.750 bits per heavy atom. The lowest BCUT2D eigenvalue weighted by Crippen LogP contribution is -2.47. The lowest BCUT2D eigenvalue weighted by Gasteiger charge is -2.32. The number of ether oxygens (including phenoxy) is 3. The SMILES string of the molecule is Cc1ccc(N(C)C(=O)c2ccc(NC(=O)c3ccccc3OCCCN)c(OCc3ccccc3)c2)c(OCCCCCC(=O)N2CCN(C)CC2)c1.Cl.Cl. The van der Waals surface area contributed by atoms with Crippen LogP contribution in [0.15, 0.2) is 91.0 Å². The van der Waals surface area contributed by atoms with E-state index in [-0.39, 0.29) is 49.1 Å². The maximum Gasteiger partial charge on any atom is 0.259 e. The second kappa shape index (κ2) is 23.3. The maximum absolute atomic E-state index is 14.0. The van der Waals surface area contributed by atoms with Crippen molar-refractivity contribution in [2.45, 2.75) is 45.6 Å². The van der Waals surface area contributed by atoms with Gasteiger partial charge in [-0.25, -0.2) is 0 Å². The average molecular weight is 809 g/mol. The highest BCUT2D eigenvalue weighted by Gasteiger charge is 2.22. The molecule has 0 saturated carbocycles. The molecular formula is C43H55Cl2N5O6. The van der Waals surface area contributed by atoms with E-state index in [4.69, 9.17) is 19.9 Å². The molecule has 0 aromatic heterocycles. The van der Waals surface area contributed by atoms with Gasteiger partial charge in [-0.05, 0) is 99.8 Å². The van der Waals surface area contributed by atoms with E-state index in [1.54, 1.807) is 48.3 Å². The maximum atomic E-state index is 14.0. The lowest BCUT2D eigenvalue weighted by atomic mass is 10.1. The van der Waals surface area contributed by atoms with Crippen molar-refractivity contribution in [2.24, 2.45) is 5.73 Å². The Morgan fingerprint density at radius 2 is 1.45 bits per heavy atom. The fraction of sp³-hybridized carbons (Fsp3) is 0.372. The molecule has 0 atom stereocenters. The van der Waals surface area contributed by atoms with Crippen LogP contribution in [-0.2, 0) is 11.4 Å². The number of unbranched alkanes of at least 4 members (excludes halogenated alkanes) is 2. The van der Waals surface area contributed by atoms with E-state index in [1.807, 2.05) is 66.4 Å². The molecule has 1 aliphatic rings. The Hall–Kier alpha value is -4.81. The molecule has 0 spiro atoms. The molecule has 1 saturated heterocycles. The standard InChI is InChI=1S/C43H53N5O6.2ClH/c1-32-18-21-37(40(29-32)53-27-11-5-8-17-41(49)48-25-23-46(2)24-26-48)47(3)43(51)34-19-20-36(39(30-34)54-31-33-13-6-4-7-14-33)45-42(50)35-15-9-10-16-38(35)52-28-12-22-44;;/h4,6-7,9-10,13-16,18-21,29-30H,5,8,11-12,17,22-28,31,44H2,1-3H3,(H,45,50);2*1H. The molecule has 0 unspecified atom stereocenters. The van der Waals surface area contributed by atoms with Crippen LogP contribution >= 0.6 is 24.8 Å². The zero-order valence-electron chi connectivity index (χ0n) is 32.5. The summed E-state index contributed by atoms with van der Waals surface area (Å²) in [6, 6.07) is 27.5. The van der Waals surface area contributed by atoms with Gasteiger partial charge in [0.25, 0.3) is 11.8 Å². The minimum absolute atomic E-state index is 0. The fourth-order valence-corrected chi connectivity index (χ4v) is 6.12. The van der Waals surface area contributed by atoms with Crippen LogP contribution in [0.25, 0.3) is 0 Å². The molecule has 56 heavy (non-hydrogen) atoms. The topological polar surface area (TPSA) is 127 Å². The molecule has 1 heterocycles. The number of anilines is 2. The van der Waals surface area contributed by atoms with Crippen LogP contribution in [0, 0.1) is 6.92 Å². The number of likely N-dealkylation sites (N-methyl/N-ethyl adjacent to an activating group) is 1. The molecule has 11 nitrogen and oxygen atoms in total. The number of para-hydroxylation sites is 1. The van der Waals surface area contributed by atoms with Gasteiger partial charge in [0.1, 0.15) is 23.9 Å². The first kappa shape index (κ1) is 45.6. The molecule has 1 fully saturated rings. The van der Waals surface area contributed by atoms with Gasteiger partial charge in [-0.3, -0.25) is 14.4 Å². The number of hydrogen-bond acceptors (Lipinski definition) is 8. The Kier molecular flexibility index (Phi) is 19.0. The zero-order chi connectivity index (χ0) is 38.3. The Balaban J connectivity index is 0.00000420. The highest BCUT2D eigenvalue weighted by Crippen LogP contribution is 2.33. The monoisotopic (exact) mass is 807 g/mol. The van der Waals surface area contributed by atoms with Crippen LogP contribution in [0.2, 0.25) is 0 Å². The average Bonchev–Trinajstić information content (AvgIpc) is 3.19. The summed E-state index contributed by atoms with van der Waals surface area (Å²) < 4.78 is 18.3. The second-order valence-electron chi connectivity index (χ2n) is 13.6. The number of carbonyl (C=O) groups excluding carboxylic acids is 3. The molecule has 302 valence electrons. The second-order valence-corrected chi connectivity index (χ2v) is 13.6. The number of carbonyl (C=O) groups is 3. The van der Waals surface area contributed by atoms with Crippen molar-refractivity contribution in [3.8, 4) is 17.2 Å². The number of nitrogens with one attached hydrogen (secondary N) is 1. The van der Waals surface area contributed by atoms with Gasteiger partial charge < -0.3 is 40.0 Å². The molecule has 0 bridgehead atoms. The smallest absolute Gasteiger partial charge is 0.259 e. The summed E-state index contributed by atoms with van der Waals surface area (Å²) in [5.74, 6) is 0.990. The molecule has 3 N–H and O–H groups in total. The van der Waals surface area contributed by atoms with E-state index in [0.29, 0.717) is 72.4 Å². The van der Waals surface area contributed by atoms with Crippen LogP contribution in [0.4, 0.5) is 11.4 Å². The van der Waals surface area contributed by atoms with Crippen molar-refractivity contribution in [3.63, 3.8) is 0 Å². The number of amides is 3. The number of hydrogen-bond donors (Lipinski definition) is 2. The molecular weight excluding hydrogens is 753 g/mol. The van der Waals surface area contributed by atoms with E-state index >= 15 is 0 Å². The van der Waals surface area contributed by atoms with Crippen molar-refractivity contribution in [3.05, 3.63) is 113 Å². The number of nitrogens with zero attached hydrogens (tertiary/aromatic N) is 3. The Bertz CT molecular complexity index is 1860. The van der Waals surface area contributed by atoms with Gasteiger partial charge in [-0.2, -0.15) is 0 Å². The van der Waals surface area contributed by atoms with Crippen LogP contribution < -0.4 is 30.2 Å². The predicted molar refractivity (Wildman–Crippen MR) is 227 cm³/mol. The molecule has 0 radical (unpaired) electrons. The minimum atomic E-state index is -0.373. The number of nitrogens with two attached hydrogens (primary N) is 1. The van der Waals surface area contributed by atoms with Gasteiger partial charge in [0, 0.05) is 45.2 Å². The normalized spacial score (nSPS) is 12.5. The molecule has 4 aromatic carbocycles. The third-order valence-electron chi connectivity index (χ3n) is 9.38. The summed E-state index contributed by atoms with van der Waals surface area (Å²) in [5.41, 5.74) is 9.36. The van der Waals surface area contributed by atoms with Crippen molar-refractivity contribution >= 4 is 53.9 Å². The quantitative estimate of drug-likeness (QED) is 0.0998. The van der Waals surface area contributed by atoms with E-state index < -0.39 is 0 Å². The molecule has 0 aliphatic carbocycles. The number of piperazine rings is 1. The van der Waals surface area contributed by atoms with Crippen molar-refractivity contribution in [2.75, 3.05) is 70.2 Å². The number of halogens is 2. The van der Waals surface area contributed by atoms with E-state index in [1.165, 1.54) is 0 Å². The van der Waals surface area contributed by atoms with Crippen molar-refractivity contribution in [1.82, 2.24) is 9.80 Å². The third kappa shape index (κ3) is 13.2. The summed E-state index contributed by atoms with van der Waals surface area (Å²) in [6.07, 6.45) is 3.69. The van der Waals surface area contributed by atoms with Crippen LogP contribution in [0.5, 0.6) is 17.2 Å². The number of benzene rings is 4. The molecule has 13 heteroatoms. The van der Waals surface area contributed by atoms with Gasteiger partial charge in [-0.15, -0.1) is 24.8 Å². The predicted octanol–water partition coefficient (Wildman–Crippen LogP) is 7.39. The largest absolute Gasteiger partial charge is 0.493 e. The number of aryl methyl sites for hydroxylation is 1. The zero-order valence-corrected chi connectivity index (χ0v) is 34.2. The Labute approximate surface area is 343 Å². The highest BCUT2D eigenvalue weighted by atomic mass is 35.5. The molecule has 5 rings (SSSR count). The lowest BCUT2D eigenvalue weighted by molar-refractivity contribution is -0.132. The van der Waals surface area contributed by atoms with E-state index in [0.717, 1.165) is 56.6 Å². The first-order chi connectivity index (χ1) is 26.2. The summed E-state index contributed by atoms with van der Waals surface area (Å²) in [4.78, 5) is 45.9. The summed E-state index contributed by atoms with van der Waals surface area (Å²) in [6.45, 7) is 6.99. The summed E-state index contributed by atoms with van der Waals surface area (Å²) in [5, 5.41) is 2.96. The number of rotatable bonds is 18. The van der Waals surface area contributed by atoms with Crippen molar-refractivity contribution in [1.29, 1.82) is 0 Å². The molecule has 4 aromatic rings. The third-order valence-corrected chi connectivity index (χ3v) is 9.38. The molecule has 3 amide bonds. The highest BCUT2D eigenvalue weighted by molar-refractivity contribution is 6.09. The summed E-state index contributed by atoms with van der Waals surface area (Å²) in [7, 11) is 3.80. The van der Waals surface area contributed by atoms with E-state index in [2.05, 4.69) is 17.3 Å². The van der Waals surface area contributed by atoms with Gasteiger partial charge in [0.15, 0.2) is 0 Å². The van der Waals surface area contributed by atoms with Gasteiger partial charge >= 0.3 is 0 Å².